The normalized spacial score (nSPS) is 10.5. The lowest BCUT2D eigenvalue weighted by Gasteiger charge is -2.02. The Morgan fingerprint density at radius 3 is 2.71 bits per heavy atom. The van der Waals surface area contributed by atoms with E-state index in [1.165, 1.54) is 24.4 Å². The van der Waals surface area contributed by atoms with Gasteiger partial charge in [0.05, 0.1) is 17.8 Å². The van der Waals surface area contributed by atoms with Crippen LogP contribution in [0.4, 0.5) is 6.01 Å². The maximum absolute atomic E-state index is 12.1. The van der Waals surface area contributed by atoms with Crippen molar-refractivity contribution in [3.8, 4) is 34.8 Å². The highest BCUT2D eigenvalue weighted by atomic mass is 35.5. The van der Waals surface area contributed by atoms with Gasteiger partial charge in [0.25, 0.3) is 17.8 Å². The molecular weight excluding hydrogens is 468 g/mol. The van der Waals surface area contributed by atoms with Crippen molar-refractivity contribution in [2.45, 2.75) is 0 Å². The van der Waals surface area contributed by atoms with E-state index in [2.05, 4.69) is 32.7 Å². The first-order valence-corrected chi connectivity index (χ1v) is 10.8. The minimum absolute atomic E-state index is 0.0821. The van der Waals surface area contributed by atoms with E-state index in [1.807, 2.05) is 54.6 Å². The van der Waals surface area contributed by atoms with Crippen molar-refractivity contribution in [1.82, 2.24) is 10.4 Å². The fraction of sp³-hybridized carbons (Fsp3) is 0.0385. The Bertz CT molecular complexity index is 1440. The Hall–Kier alpha value is -4.74. The number of halogens is 1. The number of oxazole rings is 1. The maximum atomic E-state index is 12.1. The number of hydrogen-bond donors (Lipinski definition) is 4. The van der Waals surface area contributed by atoms with Crippen LogP contribution in [0.2, 0.25) is 5.02 Å². The lowest BCUT2D eigenvalue weighted by atomic mass is 10.1. The Balaban J connectivity index is 1.32. The number of aromatic hydroxyl groups is 2. The molecule has 0 atom stereocenters. The summed E-state index contributed by atoms with van der Waals surface area (Å²) in [5, 5.41) is 26.4. The maximum Gasteiger partial charge on any atom is 0.299 e. The number of hydrazone groups is 1. The second kappa shape index (κ2) is 10.9. The Morgan fingerprint density at radius 1 is 1.09 bits per heavy atom. The molecule has 1 heterocycles. The van der Waals surface area contributed by atoms with Crippen molar-refractivity contribution >= 4 is 29.7 Å². The molecule has 0 aliphatic heterocycles. The van der Waals surface area contributed by atoms with Gasteiger partial charge in [-0.15, -0.1) is 0 Å². The van der Waals surface area contributed by atoms with Crippen molar-refractivity contribution in [2.75, 3.05) is 11.9 Å². The van der Waals surface area contributed by atoms with Gasteiger partial charge in [0.15, 0.2) is 5.76 Å². The van der Waals surface area contributed by atoms with Gasteiger partial charge >= 0.3 is 0 Å². The van der Waals surface area contributed by atoms with Crippen LogP contribution in [0.5, 0.6) is 11.6 Å². The molecule has 9 heteroatoms. The van der Waals surface area contributed by atoms with Crippen LogP contribution in [-0.2, 0) is 0 Å². The molecule has 0 unspecified atom stereocenters. The van der Waals surface area contributed by atoms with Gasteiger partial charge in [0.2, 0.25) is 0 Å². The van der Waals surface area contributed by atoms with Gasteiger partial charge in [-0.2, -0.15) is 10.1 Å². The van der Waals surface area contributed by atoms with Crippen molar-refractivity contribution in [3.63, 3.8) is 0 Å². The third-order valence-corrected chi connectivity index (χ3v) is 4.98. The summed E-state index contributed by atoms with van der Waals surface area (Å²) in [4.78, 5) is 16.1. The minimum Gasteiger partial charge on any atom is -0.506 e. The summed E-state index contributed by atoms with van der Waals surface area (Å²) in [7, 11) is 0. The predicted molar refractivity (Wildman–Crippen MR) is 134 cm³/mol. The monoisotopic (exact) mass is 486 g/mol. The molecule has 4 rings (SSSR count). The molecule has 0 bridgehead atoms. The number of carbonyl (C=O) groups excluding carboxylic acids is 1. The minimum atomic E-state index is -0.460. The molecular formula is C26H19ClN4O4. The van der Waals surface area contributed by atoms with Gasteiger partial charge in [-0.1, -0.05) is 65.9 Å². The predicted octanol–water partition coefficient (Wildman–Crippen LogP) is 4.63. The molecule has 0 radical (unpaired) electrons. The number of rotatable bonds is 6. The van der Waals surface area contributed by atoms with Gasteiger partial charge < -0.3 is 19.9 Å². The molecule has 4 N–H and O–H groups in total. The van der Waals surface area contributed by atoms with Crippen LogP contribution in [0.1, 0.15) is 21.5 Å². The van der Waals surface area contributed by atoms with Crippen molar-refractivity contribution < 1.29 is 19.4 Å². The number of nitrogens with zero attached hydrogens (tertiary/aromatic N) is 2. The summed E-state index contributed by atoms with van der Waals surface area (Å²) >= 11 is 5.82. The molecule has 0 saturated carbocycles. The number of nitrogens with one attached hydrogen (secondary N) is 2. The first kappa shape index (κ1) is 23.4. The molecule has 0 spiro atoms. The first-order chi connectivity index (χ1) is 17.0. The number of aromatic nitrogens is 1. The number of phenols is 1. The standard InChI is InChI=1S/C26H19ClN4O4/c27-21-15-20(11-12-22(21)32)24(33)31-29-16-18-7-4-6-17(14-18)8-5-13-28-26-30-25(34)23(35-26)19-9-2-1-3-10-19/h1-4,6-7,9-12,14-16,32,34H,13H2,(H,28,30)(H,31,33). The number of hydrogen-bond acceptors (Lipinski definition) is 7. The van der Waals surface area contributed by atoms with Gasteiger partial charge in [-0.05, 0) is 35.9 Å². The second-order valence-electron chi connectivity index (χ2n) is 7.18. The number of amides is 1. The fourth-order valence-electron chi connectivity index (χ4n) is 3.01. The van der Waals surface area contributed by atoms with Gasteiger partial charge in [-0.3, -0.25) is 4.79 Å². The summed E-state index contributed by atoms with van der Waals surface area (Å²) in [5.41, 5.74) is 4.88. The lowest BCUT2D eigenvalue weighted by Crippen LogP contribution is -2.17. The molecule has 0 fully saturated rings. The molecule has 1 aromatic heterocycles. The molecule has 1 amide bonds. The van der Waals surface area contributed by atoms with Crippen LogP contribution in [0.15, 0.2) is 82.3 Å². The van der Waals surface area contributed by atoms with Crippen LogP contribution in [0, 0.1) is 11.8 Å². The highest BCUT2D eigenvalue weighted by Gasteiger charge is 2.13. The molecule has 35 heavy (non-hydrogen) atoms. The molecule has 0 saturated heterocycles. The van der Waals surface area contributed by atoms with E-state index in [-0.39, 0.29) is 40.5 Å². The van der Waals surface area contributed by atoms with E-state index in [9.17, 15) is 15.0 Å². The van der Waals surface area contributed by atoms with Gasteiger partial charge in [-0.25, -0.2) is 5.43 Å². The largest absolute Gasteiger partial charge is 0.506 e. The van der Waals surface area contributed by atoms with Crippen molar-refractivity contribution in [1.29, 1.82) is 0 Å². The van der Waals surface area contributed by atoms with Crippen molar-refractivity contribution in [2.24, 2.45) is 5.10 Å². The Morgan fingerprint density at radius 2 is 1.91 bits per heavy atom. The summed E-state index contributed by atoms with van der Waals surface area (Å²) in [6.07, 6.45) is 1.49. The SMILES string of the molecule is O=C(NN=Cc1cccc(C#CCNc2nc(O)c(-c3ccccc3)o2)c1)c1ccc(O)c(Cl)c1. The van der Waals surface area contributed by atoms with E-state index in [0.29, 0.717) is 0 Å². The fourth-order valence-corrected chi connectivity index (χ4v) is 3.19. The van der Waals surface area contributed by atoms with E-state index in [4.69, 9.17) is 16.0 Å². The zero-order valence-electron chi connectivity index (χ0n) is 18.2. The first-order valence-electron chi connectivity index (χ1n) is 10.4. The van der Waals surface area contributed by atoms with Crippen LogP contribution in [0.25, 0.3) is 11.3 Å². The third-order valence-electron chi connectivity index (χ3n) is 4.68. The quantitative estimate of drug-likeness (QED) is 0.179. The van der Waals surface area contributed by atoms with E-state index >= 15 is 0 Å². The van der Waals surface area contributed by atoms with Crippen LogP contribution < -0.4 is 10.7 Å². The van der Waals surface area contributed by atoms with E-state index < -0.39 is 5.91 Å². The highest BCUT2D eigenvalue weighted by molar-refractivity contribution is 6.32. The Labute approximate surface area is 205 Å². The Kier molecular flexibility index (Phi) is 7.31. The molecule has 3 aromatic carbocycles. The van der Waals surface area contributed by atoms with E-state index in [0.717, 1.165) is 16.7 Å². The summed E-state index contributed by atoms with van der Waals surface area (Å²) < 4.78 is 5.57. The topological polar surface area (TPSA) is 120 Å². The second-order valence-corrected chi connectivity index (χ2v) is 7.59. The highest BCUT2D eigenvalue weighted by Crippen LogP contribution is 2.31. The van der Waals surface area contributed by atoms with Crippen LogP contribution in [0.3, 0.4) is 0 Å². The summed E-state index contributed by atoms with van der Waals surface area (Å²) in [5.74, 6) is 5.50. The molecule has 0 aliphatic rings. The molecule has 0 aliphatic carbocycles. The number of phenolic OH excluding ortho intramolecular Hbond substituents is 1. The number of carbonyl (C=O) groups is 1. The van der Waals surface area contributed by atoms with Crippen molar-refractivity contribution in [3.05, 3.63) is 94.5 Å². The zero-order chi connectivity index (χ0) is 24.6. The van der Waals surface area contributed by atoms with Crippen LogP contribution >= 0.6 is 11.6 Å². The van der Waals surface area contributed by atoms with Gasteiger partial charge in [0, 0.05) is 16.7 Å². The average molecular weight is 487 g/mol. The summed E-state index contributed by atoms with van der Waals surface area (Å²) in [6, 6.07) is 20.8. The number of benzene rings is 3. The summed E-state index contributed by atoms with van der Waals surface area (Å²) in [6.45, 7) is 0.248. The van der Waals surface area contributed by atoms with Crippen LogP contribution in [-0.4, -0.2) is 33.9 Å². The van der Waals surface area contributed by atoms with Gasteiger partial charge in [0.1, 0.15) is 5.75 Å². The molecule has 8 nitrogen and oxygen atoms in total. The smallest absolute Gasteiger partial charge is 0.299 e. The molecule has 4 aromatic rings. The lowest BCUT2D eigenvalue weighted by molar-refractivity contribution is 0.0955. The molecule has 174 valence electrons. The van der Waals surface area contributed by atoms with E-state index in [1.54, 1.807) is 0 Å². The zero-order valence-corrected chi connectivity index (χ0v) is 19.0. The average Bonchev–Trinajstić information content (AvgIpc) is 3.24. The third kappa shape index (κ3) is 6.19. The number of anilines is 1.